The van der Waals surface area contributed by atoms with Gasteiger partial charge in [0.2, 0.25) is 10.0 Å². The van der Waals surface area contributed by atoms with Crippen molar-refractivity contribution in [2.24, 2.45) is 0 Å². The molecule has 1 N–H and O–H groups in total. The molecular weight excluding hydrogens is 281 g/mol. The Morgan fingerprint density at radius 2 is 2.30 bits per heavy atom. The van der Waals surface area contributed by atoms with E-state index in [1.165, 1.54) is 19.2 Å². The maximum Gasteiger partial charge on any atom is 0.213 e. The summed E-state index contributed by atoms with van der Waals surface area (Å²) in [7, 11) is -1.96. The summed E-state index contributed by atoms with van der Waals surface area (Å²) in [6.45, 7) is 0.618. The molecule has 1 heterocycles. The van der Waals surface area contributed by atoms with Gasteiger partial charge >= 0.3 is 0 Å². The summed E-state index contributed by atoms with van der Waals surface area (Å²) in [6.07, 6.45) is 1.53. The summed E-state index contributed by atoms with van der Waals surface area (Å²) >= 11 is 0. The number of benzene rings is 1. The highest BCUT2D eigenvalue weighted by molar-refractivity contribution is 7.89. The van der Waals surface area contributed by atoms with Gasteiger partial charge in [0.25, 0.3) is 0 Å². The fourth-order valence-corrected chi connectivity index (χ4v) is 3.49. The Hall–Kier alpha value is -1.65. The number of nitrogens with zero attached hydrogens (tertiary/aromatic N) is 2. The van der Waals surface area contributed by atoms with Crippen molar-refractivity contribution in [1.29, 1.82) is 5.26 Å². The second-order valence-corrected chi connectivity index (χ2v) is 6.72. The predicted molar refractivity (Wildman–Crippen MR) is 74.3 cm³/mol. The van der Waals surface area contributed by atoms with Crippen molar-refractivity contribution in [3.8, 4) is 6.07 Å². The number of hydrogen-bond acceptors (Lipinski definition) is 4. The summed E-state index contributed by atoms with van der Waals surface area (Å²) in [5, 5.41) is 8.74. The molecule has 2 rings (SSSR count). The molecule has 0 aliphatic carbocycles. The monoisotopic (exact) mass is 297 g/mol. The SMILES string of the molecule is CNS(=O)(=O)CC1CCCN1c1ccc(C#N)cc1F. The van der Waals surface area contributed by atoms with Gasteiger partial charge in [-0.3, -0.25) is 0 Å². The number of sulfonamides is 1. The van der Waals surface area contributed by atoms with Gasteiger partial charge in [-0.25, -0.2) is 17.5 Å². The van der Waals surface area contributed by atoms with E-state index in [9.17, 15) is 12.8 Å². The van der Waals surface area contributed by atoms with E-state index in [2.05, 4.69) is 4.72 Å². The Bertz CT molecular complexity index is 640. The number of halogens is 1. The number of anilines is 1. The van der Waals surface area contributed by atoms with Gasteiger partial charge in [-0.15, -0.1) is 0 Å². The second kappa shape index (κ2) is 5.77. The van der Waals surface area contributed by atoms with Gasteiger partial charge in [-0.2, -0.15) is 5.26 Å². The molecule has 1 aromatic rings. The Morgan fingerprint density at radius 1 is 1.55 bits per heavy atom. The minimum absolute atomic E-state index is 0.0526. The molecule has 1 fully saturated rings. The first-order valence-corrected chi connectivity index (χ1v) is 7.99. The van der Waals surface area contributed by atoms with Crippen LogP contribution in [0.25, 0.3) is 0 Å². The average Bonchev–Trinajstić information content (AvgIpc) is 2.85. The number of nitrogens with one attached hydrogen (secondary N) is 1. The zero-order chi connectivity index (χ0) is 14.8. The van der Waals surface area contributed by atoms with Crippen molar-refractivity contribution in [3.63, 3.8) is 0 Å². The van der Waals surface area contributed by atoms with Crippen LogP contribution in [0.15, 0.2) is 18.2 Å². The number of hydrogen-bond donors (Lipinski definition) is 1. The van der Waals surface area contributed by atoms with E-state index in [-0.39, 0.29) is 17.4 Å². The van der Waals surface area contributed by atoms with E-state index in [0.29, 0.717) is 18.7 Å². The maximum atomic E-state index is 14.0. The molecule has 1 atom stereocenters. The Labute approximate surface area is 118 Å². The van der Waals surface area contributed by atoms with Crippen LogP contribution in [0.1, 0.15) is 18.4 Å². The summed E-state index contributed by atoms with van der Waals surface area (Å²) in [5.41, 5.74) is 0.614. The molecule has 0 spiro atoms. The molecule has 0 saturated carbocycles. The summed E-state index contributed by atoms with van der Waals surface area (Å²) in [5.74, 6) is -0.541. The first-order chi connectivity index (χ1) is 9.46. The minimum Gasteiger partial charge on any atom is -0.365 e. The molecule has 20 heavy (non-hydrogen) atoms. The molecule has 108 valence electrons. The van der Waals surface area contributed by atoms with Gasteiger partial charge in [-0.1, -0.05) is 0 Å². The van der Waals surface area contributed by atoms with Crippen molar-refractivity contribution < 1.29 is 12.8 Å². The number of nitriles is 1. The smallest absolute Gasteiger partial charge is 0.213 e. The van der Waals surface area contributed by atoms with Crippen LogP contribution in [0.3, 0.4) is 0 Å². The van der Waals surface area contributed by atoms with Crippen LogP contribution in [0.5, 0.6) is 0 Å². The lowest BCUT2D eigenvalue weighted by Crippen LogP contribution is -2.38. The lowest BCUT2D eigenvalue weighted by molar-refractivity contribution is 0.574. The van der Waals surface area contributed by atoms with E-state index >= 15 is 0 Å². The van der Waals surface area contributed by atoms with E-state index in [0.717, 1.165) is 6.42 Å². The van der Waals surface area contributed by atoms with Crippen molar-refractivity contribution in [1.82, 2.24) is 4.72 Å². The topological polar surface area (TPSA) is 73.2 Å². The Morgan fingerprint density at radius 3 is 2.90 bits per heavy atom. The highest BCUT2D eigenvalue weighted by Crippen LogP contribution is 2.29. The molecule has 7 heteroatoms. The zero-order valence-corrected chi connectivity index (χ0v) is 12.0. The second-order valence-electron chi connectivity index (χ2n) is 4.75. The fourth-order valence-electron chi connectivity index (χ4n) is 2.47. The van der Waals surface area contributed by atoms with Crippen LogP contribution in [0, 0.1) is 17.1 Å². The van der Waals surface area contributed by atoms with Gasteiger partial charge in [0.15, 0.2) is 0 Å². The molecule has 1 aliphatic heterocycles. The normalized spacial score (nSPS) is 19.1. The van der Waals surface area contributed by atoms with E-state index in [4.69, 9.17) is 5.26 Å². The molecule has 1 aromatic carbocycles. The average molecular weight is 297 g/mol. The van der Waals surface area contributed by atoms with Crippen molar-refractivity contribution in [2.75, 3.05) is 24.2 Å². The molecule has 5 nitrogen and oxygen atoms in total. The Kier molecular flexibility index (Phi) is 4.26. The van der Waals surface area contributed by atoms with Crippen LogP contribution >= 0.6 is 0 Å². The highest BCUT2D eigenvalue weighted by Gasteiger charge is 2.30. The van der Waals surface area contributed by atoms with Crippen molar-refractivity contribution >= 4 is 15.7 Å². The third-order valence-electron chi connectivity index (χ3n) is 3.49. The van der Waals surface area contributed by atoms with Crippen molar-refractivity contribution in [2.45, 2.75) is 18.9 Å². The van der Waals surface area contributed by atoms with Gasteiger partial charge in [0.1, 0.15) is 5.82 Å². The standard InChI is InChI=1S/C13H16FN3O2S/c1-16-20(18,19)9-11-3-2-6-17(11)13-5-4-10(8-15)7-12(13)14/h4-5,7,11,16H,2-3,6,9H2,1H3. The van der Waals surface area contributed by atoms with Crippen LogP contribution in [0.2, 0.25) is 0 Å². The molecule has 0 amide bonds. The van der Waals surface area contributed by atoms with Crippen molar-refractivity contribution in [3.05, 3.63) is 29.6 Å². The van der Waals surface area contributed by atoms with Crippen LogP contribution in [-0.2, 0) is 10.0 Å². The van der Waals surface area contributed by atoms with Gasteiger partial charge in [0, 0.05) is 12.6 Å². The van der Waals surface area contributed by atoms with Crippen LogP contribution in [-0.4, -0.2) is 33.8 Å². The first-order valence-electron chi connectivity index (χ1n) is 6.34. The lowest BCUT2D eigenvalue weighted by Gasteiger charge is -2.27. The van der Waals surface area contributed by atoms with Crippen LogP contribution in [0.4, 0.5) is 10.1 Å². The molecule has 1 aliphatic rings. The zero-order valence-electron chi connectivity index (χ0n) is 11.1. The summed E-state index contributed by atoms with van der Waals surface area (Å²) in [6, 6.07) is 5.90. The first kappa shape index (κ1) is 14.8. The van der Waals surface area contributed by atoms with Gasteiger partial charge < -0.3 is 4.90 Å². The summed E-state index contributed by atoms with van der Waals surface area (Å²) < 4.78 is 39.6. The molecule has 0 aromatic heterocycles. The third-order valence-corrected chi connectivity index (χ3v) is 4.93. The van der Waals surface area contributed by atoms with E-state index < -0.39 is 15.8 Å². The maximum absolute atomic E-state index is 14.0. The Balaban J connectivity index is 2.25. The molecule has 1 saturated heterocycles. The van der Waals surface area contributed by atoms with E-state index in [1.807, 2.05) is 6.07 Å². The minimum atomic E-state index is -3.34. The molecule has 1 unspecified atom stereocenters. The summed E-state index contributed by atoms with van der Waals surface area (Å²) in [4.78, 5) is 1.77. The molecule has 0 bridgehead atoms. The molecular formula is C13H16FN3O2S. The van der Waals surface area contributed by atoms with E-state index in [1.54, 1.807) is 11.0 Å². The number of rotatable bonds is 4. The predicted octanol–water partition coefficient (Wildman–Crippen LogP) is 1.22. The highest BCUT2D eigenvalue weighted by atomic mass is 32.2. The lowest BCUT2D eigenvalue weighted by atomic mass is 10.2. The third kappa shape index (κ3) is 3.08. The molecule has 0 radical (unpaired) electrons. The van der Waals surface area contributed by atoms with Crippen LogP contribution < -0.4 is 9.62 Å². The van der Waals surface area contributed by atoms with Gasteiger partial charge in [-0.05, 0) is 38.1 Å². The van der Waals surface area contributed by atoms with Gasteiger partial charge in [0.05, 0.1) is 23.1 Å². The quantitative estimate of drug-likeness (QED) is 0.907. The fraction of sp³-hybridized carbons (Fsp3) is 0.462. The largest absolute Gasteiger partial charge is 0.365 e.